The number of rotatable bonds is 7. The molecule has 0 heterocycles. The fourth-order valence-corrected chi connectivity index (χ4v) is 2.74. The minimum absolute atomic E-state index is 0.126. The maximum Gasteiger partial charge on any atom is 0.303 e. The Morgan fingerprint density at radius 2 is 1.89 bits per heavy atom. The first kappa shape index (κ1) is 17.7. The Balaban J connectivity index is 3.25. The zero-order valence-corrected chi connectivity index (χ0v) is 17.7. The van der Waals surface area contributed by atoms with Crippen LogP contribution < -0.4 is 0 Å². The monoisotopic (exact) mass is 390 g/mol. The summed E-state index contributed by atoms with van der Waals surface area (Å²) in [6.07, 6.45) is 9.61. The van der Waals surface area contributed by atoms with Crippen LogP contribution >= 0.6 is 0 Å². The van der Waals surface area contributed by atoms with Crippen LogP contribution in [0.15, 0.2) is 58.7 Å². The third-order valence-corrected chi connectivity index (χ3v) is 4.44. The molecule has 0 aliphatic heterocycles. The molecule has 0 spiro atoms. The van der Waals surface area contributed by atoms with Crippen LogP contribution in [0.4, 0.5) is 0 Å². The SMILES string of the molecule is [2H]C([2H])([2H])C1=C(/C=C/C(C)=C/C=C/C(C)=C/COC(C)=O)C(C)(C)CCC1([2H])OC(C)=O. The van der Waals surface area contributed by atoms with Crippen LogP contribution in [0.1, 0.15) is 66.7 Å². The Morgan fingerprint density at radius 3 is 2.50 bits per heavy atom. The minimum Gasteiger partial charge on any atom is -0.462 e. The molecular formula is C24H34O4. The topological polar surface area (TPSA) is 52.6 Å². The summed E-state index contributed by atoms with van der Waals surface area (Å²) in [6, 6.07) is 0. The largest absolute Gasteiger partial charge is 0.462 e. The molecule has 0 bridgehead atoms. The maximum atomic E-state index is 11.6. The molecule has 1 rings (SSSR count). The second-order valence-corrected chi connectivity index (χ2v) is 7.54. The number of allylic oxidation sites excluding steroid dienone is 8. The lowest BCUT2D eigenvalue weighted by molar-refractivity contribution is -0.145. The summed E-state index contributed by atoms with van der Waals surface area (Å²) < 4.78 is 42.8. The fraction of sp³-hybridized carbons (Fsp3) is 0.500. The van der Waals surface area contributed by atoms with Gasteiger partial charge in [-0.1, -0.05) is 55.4 Å². The number of hydrogen-bond acceptors (Lipinski definition) is 4. The van der Waals surface area contributed by atoms with Crippen LogP contribution in [-0.4, -0.2) is 24.6 Å². The average molecular weight is 391 g/mol. The summed E-state index contributed by atoms with van der Waals surface area (Å²) in [6.45, 7) is 7.82. The molecule has 4 heteroatoms. The molecule has 0 radical (unpaired) electrons. The first-order valence-corrected chi connectivity index (χ1v) is 9.37. The molecule has 0 saturated heterocycles. The number of esters is 2. The lowest BCUT2D eigenvalue weighted by Crippen LogP contribution is -2.30. The Labute approximate surface area is 175 Å². The quantitative estimate of drug-likeness (QED) is 0.418. The van der Waals surface area contributed by atoms with Crippen molar-refractivity contribution in [2.75, 3.05) is 6.61 Å². The Morgan fingerprint density at radius 1 is 1.18 bits per heavy atom. The molecule has 1 atom stereocenters. The summed E-state index contributed by atoms with van der Waals surface area (Å²) in [4.78, 5) is 22.4. The first-order chi connectivity index (χ1) is 14.6. The summed E-state index contributed by atoms with van der Waals surface area (Å²) in [5.41, 5.74) is 1.67. The van der Waals surface area contributed by atoms with E-state index in [1.807, 2.05) is 45.9 Å². The highest BCUT2D eigenvalue weighted by molar-refractivity contribution is 5.66. The summed E-state index contributed by atoms with van der Waals surface area (Å²) >= 11 is 0. The molecule has 0 aromatic carbocycles. The lowest BCUT2D eigenvalue weighted by atomic mass is 9.71. The fourth-order valence-electron chi connectivity index (χ4n) is 2.74. The van der Waals surface area contributed by atoms with Crippen LogP contribution in [0.3, 0.4) is 0 Å². The molecular weight excluding hydrogens is 352 g/mol. The van der Waals surface area contributed by atoms with Gasteiger partial charge in [-0.05, 0) is 56.2 Å². The second kappa shape index (κ2) is 10.8. The Hall–Kier alpha value is -2.36. The highest BCUT2D eigenvalue weighted by atomic mass is 16.5. The van der Waals surface area contributed by atoms with Gasteiger partial charge in [-0.15, -0.1) is 0 Å². The molecule has 0 N–H and O–H groups in total. The maximum absolute atomic E-state index is 11.6. The molecule has 28 heavy (non-hydrogen) atoms. The van der Waals surface area contributed by atoms with Crippen molar-refractivity contribution in [2.24, 2.45) is 5.41 Å². The van der Waals surface area contributed by atoms with Gasteiger partial charge in [0.25, 0.3) is 0 Å². The first-order valence-electron chi connectivity index (χ1n) is 11.4. The molecule has 0 amide bonds. The summed E-state index contributed by atoms with van der Waals surface area (Å²) in [5.74, 6) is -1.01. The second-order valence-electron chi connectivity index (χ2n) is 7.54. The van der Waals surface area contributed by atoms with Gasteiger partial charge in [0, 0.05) is 18.0 Å². The number of hydrogen-bond donors (Lipinski definition) is 0. The van der Waals surface area contributed by atoms with Gasteiger partial charge in [-0.3, -0.25) is 9.59 Å². The van der Waals surface area contributed by atoms with Gasteiger partial charge in [0.1, 0.15) is 12.7 Å². The smallest absolute Gasteiger partial charge is 0.303 e. The molecule has 1 aliphatic carbocycles. The van der Waals surface area contributed by atoms with Crippen LogP contribution in [0, 0.1) is 5.41 Å². The van der Waals surface area contributed by atoms with Crippen molar-refractivity contribution in [1.82, 2.24) is 0 Å². The van der Waals surface area contributed by atoms with E-state index in [1.165, 1.54) is 13.8 Å². The molecule has 4 nitrogen and oxygen atoms in total. The van der Waals surface area contributed by atoms with Crippen molar-refractivity contribution in [2.45, 2.75) is 67.3 Å². The van der Waals surface area contributed by atoms with Gasteiger partial charge in [0.05, 0.1) is 1.37 Å². The van der Waals surface area contributed by atoms with E-state index < -0.39 is 24.3 Å². The van der Waals surface area contributed by atoms with Crippen LogP contribution in [-0.2, 0) is 19.1 Å². The van der Waals surface area contributed by atoms with E-state index in [2.05, 4.69) is 0 Å². The van der Waals surface area contributed by atoms with Crippen molar-refractivity contribution in [3.63, 3.8) is 0 Å². The van der Waals surface area contributed by atoms with Gasteiger partial charge in [0.15, 0.2) is 0 Å². The average Bonchev–Trinajstić information content (AvgIpc) is 2.60. The highest BCUT2D eigenvalue weighted by Crippen LogP contribution is 2.42. The number of ether oxygens (including phenoxy) is 2. The molecule has 0 aromatic rings. The van der Waals surface area contributed by atoms with Gasteiger partial charge in [-0.2, -0.15) is 0 Å². The zero-order valence-electron chi connectivity index (χ0n) is 21.7. The third-order valence-electron chi connectivity index (χ3n) is 4.44. The van der Waals surface area contributed by atoms with Crippen LogP contribution in [0.2, 0.25) is 0 Å². The molecule has 0 fully saturated rings. The van der Waals surface area contributed by atoms with E-state index in [0.29, 0.717) is 12.0 Å². The van der Waals surface area contributed by atoms with E-state index >= 15 is 0 Å². The van der Waals surface area contributed by atoms with Crippen molar-refractivity contribution in [3.8, 4) is 0 Å². The molecule has 0 aromatic heterocycles. The Bertz CT molecular complexity index is 873. The van der Waals surface area contributed by atoms with Gasteiger partial charge >= 0.3 is 11.9 Å². The number of carbonyl (C=O) groups is 2. The van der Waals surface area contributed by atoms with Crippen molar-refractivity contribution < 1.29 is 24.5 Å². The van der Waals surface area contributed by atoms with E-state index in [-0.39, 0.29) is 24.6 Å². The van der Waals surface area contributed by atoms with Crippen LogP contribution in [0.25, 0.3) is 0 Å². The molecule has 1 aliphatic rings. The molecule has 1 unspecified atom stereocenters. The van der Waals surface area contributed by atoms with Gasteiger partial charge < -0.3 is 9.47 Å². The third kappa shape index (κ3) is 8.12. The summed E-state index contributed by atoms with van der Waals surface area (Å²) in [7, 11) is 0. The van der Waals surface area contributed by atoms with Crippen molar-refractivity contribution >= 4 is 11.9 Å². The number of carbonyl (C=O) groups excluding carboxylic acids is 2. The zero-order chi connectivity index (χ0) is 24.7. The van der Waals surface area contributed by atoms with E-state index in [9.17, 15) is 9.59 Å². The Kier molecular flexibility index (Phi) is 6.86. The van der Waals surface area contributed by atoms with Gasteiger partial charge in [-0.25, -0.2) is 0 Å². The van der Waals surface area contributed by atoms with E-state index in [4.69, 9.17) is 15.0 Å². The molecule has 0 saturated carbocycles. The van der Waals surface area contributed by atoms with Crippen LogP contribution in [0.5, 0.6) is 0 Å². The highest BCUT2D eigenvalue weighted by Gasteiger charge is 2.33. The molecule has 154 valence electrons. The minimum atomic E-state index is -2.57. The lowest BCUT2D eigenvalue weighted by Gasteiger charge is -2.36. The van der Waals surface area contributed by atoms with E-state index in [0.717, 1.165) is 11.1 Å². The predicted molar refractivity (Wildman–Crippen MR) is 114 cm³/mol. The van der Waals surface area contributed by atoms with Gasteiger partial charge in [0.2, 0.25) is 0 Å². The standard InChI is InChI=1S/C24H34O4/c1-17(9-8-10-18(2)14-16-27-20(4)25)11-12-22-19(3)23(28-21(5)26)13-15-24(22,6)7/h8-12,14,23H,13,15-16H2,1-7H3/b10-8+,12-11+,17-9+,18-14+/i3D3,23D. The van der Waals surface area contributed by atoms with Crippen molar-refractivity contribution in [1.29, 1.82) is 0 Å². The van der Waals surface area contributed by atoms with E-state index in [1.54, 1.807) is 18.2 Å². The normalized spacial score (nSPS) is 25.9. The summed E-state index contributed by atoms with van der Waals surface area (Å²) in [5, 5.41) is 0. The van der Waals surface area contributed by atoms with Crippen molar-refractivity contribution in [3.05, 3.63) is 58.7 Å². The predicted octanol–water partition coefficient (Wildman–Crippen LogP) is 5.62.